The van der Waals surface area contributed by atoms with Gasteiger partial charge in [-0.05, 0) is 56.9 Å². The van der Waals surface area contributed by atoms with Crippen molar-refractivity contribution in [3.63, 3.8) is 0 Å². The van der Waals surface area contributed by atoms with Crippen LogP contribution in [-0.4, -0.2) is 11.0 Å². The van der Waals surface area contributed by atoms with Gasteiger partial charge in [0.1, 0.15) is 0 Å². The minimum absolute atomic E-state index is 0.785. The molecular weight excluding hydrogens is 404 g/mol. The van der Waals surface area contributed by atoms with Crippen molar-refractivity contribution in [2.24, 2.45) is 0 Å². The number of amides is 1. The number of pyridine rings is 1. The Bertz CT molecular complexity index is 932. The molecule has 170 valence electrons. The molecule has 32 heavy (non-hydrogen) atoms. The summed E-state index contributed by atoms with van der Waals surface area (Å²) < 4.78 is 2.91. The van der Waals surface area contributed by atoms with Crippen LogP contribution in [0.25, 0.3) is 11.1 Å². The molecule has 6 nitrogen and oxygen atoms in total. The molecule has 0 spiro atoms. The summed E-state index contributed by atoms with van der Waals surface area (Å²) in [5.74, 6) is 0. The number of aromatic nitrogens is 1. The van der Waals surface area contributed by atoms with Gasteiger partial charge in [-0.2, -0.15) is 4.57 Å². The molecule has 1 aromatic carbocycles. The fourth-order valence-electron chi connectivity index (χ4n) is 5.93. The van der Waals surface area contributed by atoms with E-state index in [9.17, 15) is 0 Å². The molecule has 2 aromatic rings. The molecule has 1 saturated carbocycles. The predicted octanol–water partition coefficient (Wildman–Crippen LogP) is 4.51. The fourth-order valence-corrected chi connectivity index (χ4v) is 5.93. The second kappa shape index (κ2) is 10.2. The van der Waals surface area contributed by atoms with E-state index >= 15 is 0 Å². The Kier molecular flexibility index (Phi) is 7.18. The van der Waals surface area contributed by atoms with Crippen LogP contribution in [0.5, 0.6) is 0 Å². The maximum atomic E-state index is 8.89. The Balaban J connectivity index is 0.000000363. The Morgan fingerprint density at radius 2 is 1.31 bits per heavy atom. The lowest BCUT2D eigenvalue weighted by molar-refractivity contribution is -0.740. The van der Waals surface area contributed by atoms with Gasteiger partial charge in [0.15, 0.2) is 17.4 Å². The zero-order valence-electron chi connectivity index (χ0n) is 18.7. The Morgan fingerprint density at radius 1 is 0.812 bits per heavy atom. The third kappa shape index (κ3) is 4.69. The zero-order valence-corrected chi connectivity index (χ0v) is 18.7. The van der Waals surface area contributed by atoms with E-state index in [0.29, 0.717) is 0 Å². The van der Waals surface area contributed by atoms with E-state index in [-0.39, 0.29) is 0 Å². The lowest BCUT2D eigenvalue weighted by Gasteiger charge is -2.30. The SMILES string of the molecule is O=C([O-])[N+](=O)[O-].c1ccc(-c2c3c([n+](C4CCCCC4)c4c2CCCC4)CCCC3)cc1. The van der Waals surface area contributed by atoms with Crippen molar-refractivity contribution in [3.8, 4) is 11.1 Å². The summed E-state index contributed by atoms with van der Waals surface area (Å²) in [4.78, 5) is 16.2. The number of nitrogens with zero attached hydrogens (tertiary/aromatic N) is 2. The monoisotopic (exact) mass is 436 g/mol. The molecule has 0 aliphatic heterocycles. The minimum Gasteiger partial charge on any atom is -0.486 e. The Hall–Kier alpha value is -2.76. The van der Waals surface area contributed by atoms with Crippen molar-refractivity contribution in [2.45, 2.75) is 89.5 Å². The molecule has 1 fully saturated rings. The fraction of sp³-hybridized carbons (Fsp3) is 0.538. The molecule has 0 radical (unpaired) electrons. The van der Waals surface area contributed by atoms with E-state index in [1.54, 1.807) is 28.1 Å². The van der Waals surface area contributed by atoms with E-state index in [4.69, 9.17) is 20.0 Å². The molecule has 6 heteroatoms. The van der Waals surface area contributed by atoms with Crippen molar-refractivity contribution in [2.75, 3.05) is 0 Å². The van der Waals surface area contributed by atoms with E-state index in [2.05, 4.69) is 34.9 Å². The van der Waals surface area contributed by atoms with Gasteiger partial charge in [-0.1, -0.05) is 36.8 Å². The first-order chi connectivity index (χ1) is 15.6. The molecule has 0 bridgehead atoms. The highest BCUT2D eigenvalue weighted by Crippen LogP contribution is 2.39. The van der Waals surface area contributed by atoms with Gasteiger partial charge in [0.05, 0.1) is 4.92 Å². The van der Waals surface area contributed by atoms with Gasteiger partial charge < -0.3 is 9.90 Å². The van der Waals surface area contributed by atoms with Crippen LogP contribution in [0.3, 0.4) is 0 Å². The molecule has 0 atom stereocenters. The van der Waals surface area contributed by atoms with Gasteiger partial charge >= 0.3 is 6.09 Å². The number of nitro groups is 1. The van der Waals surface area contributed by atoms with Gasteiger partial charge in [-0.3, -0.25) is 10.1 Å². The highest BCUT2D eigenvalue weighted by atomic mass is 16.7. The average molecular weight is 437 g/mol. The normalized spacial score (nSPS) is 18.0. The molecule has 0 unspecified atom stereocenters. The molecule has 3 aliphatic carbocycles. The smallest absolute Gasteiger partial charge is 0.401 e. The van der Waals surface area contributed by atoms with Gasteiger partial charge in [0.25, 0.3) is 0 Å². The number of hydrogen-bond acceptors (Lipinski definition) is 4. The molecular formula is C26H32N2O4. The van der Waals surface area contributed by atoms with Crippen LogP contribution in [0.2, 0.25) is 0 Å². The number of carboxylic acid groups (broad SMARTS) is 1. The first-order valence-corrected chi connectivity index (χ1v) is 12.1. The van der Waals surface area contributed by atoms with Crippen LogP contribution >= 0.6 is 0 Å². The van der Waals surface area contributed by atoms with Crippen LogP contribution in [0.1, 0.15) is 86.3 Å². The van der Waals surface area contributed by atoms with Crippen LogP contribution < -0.4 is 9.67 Å². The lowest BCUT2D eigenvalue weighted by atomic mass is 9.80. The largest absolute Gasteiger partial charge is 0.486 e. The standard InChI is InChI=1S/C25H32N.CHNO4/c1-3-11-19(12-4-1)25-21-15-7-9-17-23(21)26(20-13-5-2-6-14-20)24-18-10-8-16-22(24)25;3-1(4)2(5)6/h1,3-4,11-12,20H,2,5-10,13-18H2;(H,3,4)/q+1;/p-1. The molecule has 3 aliphatic rings. The van der Waals surface area contributed by atoms with Crippen LogP contribution in [-0.2, 0) is 25.7 Å². The van der Waals surface area contributed by atoms with E-state index in [0.717, 1.165) is 6.04 Å². The maximum Gasteiger partial charge on any atom is 0.401 e. The van der Waals surface area contributed by atoms with Gasteiger partial charge in [0.2, 0.25) is 0 Å². The molecule has 1 aromatic heterocycles. The van der Waals surface area contributed by atoms with Crippen molar-refractivity contribution < 1.29 is 19.4 Å². The zero-order chi connectivity index (χ0) is 22.5. The van der Waals surface area contributed by atoms with Crippen molar-refractivity contribution in [1.82, 2.24) is 0 Å². The van der Waals surface area contributed by atoms with E-state index < -0.39 is 11.0 Å². The molecule has 5 rings (SSSR count). The third-order valence-electron chi connectivity index (χ3n) is 7.21. The van der Waals surface area contributed by atoms with E-state index in [1.807, 2.05) is 0 Å². The van der Waals surface area contributed by atoms with Gasteiger partial charge in [-0.15, -0.1) is 0 Å². The number of carbonyl (C=O) groups excluding carboxylic acids is 1. The predicted molar refractivity (Wildman–Crippen MR) is 120 cm³/mol. The highest BCUT2D eigenvalue weighted by molar-refractivity contribution is 5.72. The first-order valence-electron chi connectivity index (χ1n) is 12.1. The van der Waals surface area contributed by atoms with E-state index in [1.165, 1.54) is 89.0 Å². The topological polar surface area (TPSA) is 87.1 Å². The van der Waals surface area contributed by atoms with Crippen LogP contribution in [0.4, 0.5) is 4.79 Å². The molecule has 1 heterocycles. The summed E-state index contributed by atoms with van der Waals surface area (Å²) >= 11 is 0. The summed E-state index contributed by atoms with van der Waals surface area (Å²) in [5.41, 5.74) is 9.99. The van der Waals surface area contributed by atoms with Crippen molar-refractivity contribution in [3.05, 3.63) is 63.0 Å². The highest BCUT2D eigenvalue weighted by Gasteiger charge is 2.37. The third-order valence-corrected chi connectivity index (χ3v) is 7.21. The van der Waals surface area contributed by atoms with Gasteiger partial charge in [-0.25, -0.2) is 0 Å². The van der Waals surface area contributed by atoms with Crippen LogP contribution in [0, 0.1) is 10.1 Å². The summed E-state index contributed by atoms with van der Waals surface area (Å²) in [5, 5.41) is 17.7. The quantitative estimate of drug-likeness (QED) is 0.394. The Labute approximate surface area is 189 Å². The maximum absolute atomic E-state index is 8.89. The first kappa shape index (κ1) is 22.4. The summed E-state index contributed by atoms with van der Waals surface area (Å²) in [6, 6.07) is 12.1. The molecule has 1 amide bonds. The van der Waals surface area contributed by atoms with Crippen molar-refractivity contribution >= 4 is 6.09 Å². The number of fused-ring (bicyclic) bond motifs is 2. The van der Waals surface area contributed by atoms with Gasteiger partial charge in [0, 0.05) is 42.4 Å². The van der Waals surface area contributed by atoms with Crippen molar-refractivity contribution in [1.29, 1.82) is 0 Å². The number of rotatable bonds is 2. The van der Waals surface area contributed by atoms with Crippen LogP contribution in [0.15, 0.2) is 30.3 Å². The summed E-state index contributed by atoms with van der Waals surface area (Å²) in [6.45, 7) is 0. The number of hydrogen-bond donors (Lipinski definition) is 0. The Morgan fingerprint density at radius 3 is 1.81 bits per heavy atom. The molecule has 0 N–H and O–H groups in total. The average Bonchev–Trinajstić information content (AvgIpc) is 2.84. The summed E-state index contributed by atoms with van der Waals surface area (Å²) in [7, 11) is 0. The lowest BCUT2D eigenvalue weighted by Crippen LogP contribution is -2.51. The molecule has 0 saturated heterocycles. The second-order valence-electron chi connectivity index (χ2n) is 9.19. The summed E-state index contributed by atoms with van der Waals surface area (Å²) in [6.07, 6.45) is 15.6. The number of carbonyl (C=O) groups is 1. The minimum atomic E-state index is -2.27. The second-order valence-corrected chi connectivity index (χ2v) is 9.19. The number of benzene rings is 1.